The van der Waals surface area contributed by atoms with Crippen molar-refractivity contribution >= 4 is 16.8 Å². The van der Waals surface area contributed by atoms with Crippen LogP contribution in [0.15, 0.2) is 0 Å². The maximum absolute atomic E-state index is 11.3. The Kier molecular flexibility index (Phi) is 3.87. The van der Waals surface area contributed by atoms with Gasteiger partial charge in [0.1, 0.15) is 0 Å². The lowest BCUT2D eigenvalue weighted by atomic mass is 10.4. The number of carbonyl (C=O) groups excluding carboxylic acids is 1. The summed E-state index contributed by atoms with van der Waals surface area (Å²) in [5.41, 5.74) is 0. The average Bonchev–Trinajstić information content (AvgIpc) is 2.11. The Morgan fingerprint density at radius 1 is 1.69 bits per heavy atom. The molecule has 1 rings (SSSR count). The number of nitrogens with zero attached hydrogens (tertiary/aromatic N) is 1. The first-order valence-corrected chi connectivity index (χ1v) is 5.68. The third-order valence-electron chi connectivity index (χ3n) is 2.15. The summed E-state index contributed by atoms with van der Waals surface area (Å²) >= 11 is 0. The van der Waals surface area contributed by atoms with E-state index in [1.54, 1.807) is 0 Å². The summed E-state index contributed by atoms with van der Waals surface area (Å²) in [6.07, 6.45) is 0. The third-order valence-corrected chi connectivity index (χ3v) is 3.78. The number of ether oxygens (including phenoxy) is 1. The van der Waals surface area contributed by atoms with E-state index in [4.69, 9.17) is 0 Å². The van der Waals surface area contributed by atoms with Crippen LogP contribution in [-0.2, 0) is 20.3 Å². The van der Waals surface area contributed by atoms with Crippen LogP contribution in [-0.4, -0.2) is 52.8 Å². The maximum Gasteiger partial charge on any atom is 0.319 e. The van der Waals surface area contributed by atoms with Crippen molar-refractivity contribution in [1.29, 1.82) is 0 Å². The zero-order chi connectivity index (χ0) is 9.84. The minimum Gasteiger partial charge on any atom is -0.468 e. The topological polar surface area (TPSA) is 46.6 Å². The summed E-state index contributed by atoms with van der Waals surface area (Å²) in [4.78, 5) is 12.9. The fourth-order valence-corrected chi connectivity index (χ4v) is 2.57. The first kappa shape index (κ1) is 10.7. The number of methoxy groups -OCH3 is 1. The van der Waals surface area contributed by atoms with E-state index >= 15 is 0 Å². The number of hydrogen-bond donors (Lipinski definition) is 0. The Bertz CT molecular complexity index is 219. The largest absolute Gasteiger partial charge is 0.468 e. The molecule has 1 fully saturated rings. The van der Waals surface area contributed by atoms with E-state index in [9.17, 15) is 9.00 Å². The molecule has 0 aliphatic carbocycles. The second kappa shape index (κ2) is 4.72. The van der Waals surface area contributed by atoms with Gasteiger partial charge >= 0.3 is 5.97 Å². The Morgan fingerprint density at radius 3 is 2.92 bits per heavy atom. The molecule has 0 aromatic heterocycles. The predicted octanol–water partition coefficient (Wildman–Crippen LogP) is -0.388. The van der Waals surface area contributed by atoms with E-state index in [-0.39, 0.29) is 11.2 Å². The van der Waals surface area contributed by atoms with Crippen LogP contribution in [0.3, 0.4) is 0 Å². The fourth-order valence-electron chi connectivity index (χ4n) is 1.35. The molecule has 4 nitrogen and oxygen atoms in total. The highest BCUT2D eigenvalue weighted by Crippen LogP contribution is 2.07. The van der Waals surface area contributed by atoms with Gasteiger partial charge in [0, 0.05) is 34.9 Å². The van der Waals surface area contributed by atoms with E-state index in [1.807, 2.05) is 11.8 Å². The van der Waals surface area contributed by atoms with Gasteiger partial charge in [-0.15, -0.1) is 0 Å². The van der Waals surface area contributed by atoms with Gasteiger partial charge in [-0.05, 0) is 6.92 Å². The summed E-state index contributed by atoms with van der Waals surface area (Å²) in [5, 5.41) is 0.165. The molecule has 2 atom stereocenters. The van der Waals surface area contributed by atoms with Gasteiger partial charge in [-0.25, -0.2) is 0 Å². The molecule has 0 amide bonds. The van der Waals surface area contributed by atoms with Gasteiger partial charge in [-0.1, -0.05) is 0 Å². The summed E-state index contributed by atoms with van der Waals surface area (Å²) in [6.45, 7) is 3.71. The fraction of sp³-hybridized carbons (Fsp3) is 0.875. The standard InChI is InChI=1S/C8H15NO3S/c1-7-5-9(3-4-13(7)11)6-8(10)12-2/h7H,3-6H2,1-2H3. The van der Waals surface area contributed by atoms with Crippen LogP contribution in [0, 0.1) is 0 Å². The van der Waals surface area contributed by atoms with E-state index in [0.717, 1.165) is 13.1 Å². The van der Waals surface area contributed by atoms with Gasteiger partial charge in [0.15, 0.2) is 0 Å². The lowest BCUT2D eigenvalue weighted by Gasteiger charge is -2.29. The van der Waals surface area contributed by atoms with Crippen LogP contribution >= 0.6 is 0 Å². The van der Waals surface area contributed by atoms with Gasteiger partial charge in [0.2, 0.25) is 0 Å². The molecule has 0 aromatic carbocycles. The molecule has 0 spiro atoms. The van der Waals surface area contributed by atoms with Gasteiger partial charge < -0.3 is 4.74 Å². The molecule has 13 heavy (non-hydrogen) atoms. The van der Waals surface area contributed by atoms with Gasteiger partial charge in [-0.3, -0.25) is 13.9 Å². The van der Waals surface area contributed by atoms with Gasteiger partial charge in [0.05, 0.1) is 13.7 Å². The van der Waals surface area contributed by atoms with Crippen LogP contribution in [0.1, 0.15) is 6.92 Å². The van der Waals surface area contributed by atoms with E-state index in [2.05, 4.69) is 4.74 Å². The van der Waals surface area contributed by atoms with Gasteiger partial charge in [0.25, 0.3) is 0 Å². The van der Waals surface area contributed by atoms with Gasteiger partial charge in [-0.2, -0.15) is 0 Å². The Labute approximate surface area is 80.7 Å². The molecule has 0 radical (unpaired) electrons. The number of carbonyl (C=O) groups is 1. The maximum atomic E-state index is 11.3. The van der Waals surface area contributed by atoms with Crippen molar-refractivity contribution in [1.82, 2.24) is 4.90 Å². The second-order valence-corrected chi connectivity index (χ2v) is 5.18. The highest BCUT2D eigenvalue weighted by molar-refractivity contribution is 7.85. The zero-order valence-electron chi connectivity index (χ0n) is 7.99. The molecule has 1 aliphatic heterocycles. The Hall–Kier alpha value is -0.420. The average molecular weight is 205 g/mol. The molecule has 1 saturated heterocycles. The molecule has 2 unspecified atom stereocenters. The molecule has 0 aromatic rings. The summed E-state index contributed by atoms with van der Waals surface area (Å²) in [7, 11) is 0.667. The zero-order valence-corrected chi connectivity index (χ0v) is 8.80. The van der Waals surface area contributed by atoms with Crippen LogP contribution in [0.2, 0.25) is 0 Å². The van der Waals surface area contributed by atoms with Crippen LogP contribution in [0.4, 0.5) is 0 Å². The number of rotatable bonds is 2. The van der Waals surface area contributed by atoms with Crippen molar-refractivity contribution in [2.45, 2.75) is 12.2 Å². The molecule has 0 N–H and O–H groups in total. The molecule has 0 saturated carbocycles. The van der Waals surface area contributed by atoms with Crippen LogP contribution in [0.25, 0.3) is 0 Å². The Balaban J connectivity index is 2.37. The first-order chi connectivity index (χ1) is 6.13. The van der Waals surface area contributed by atoms with Crippen molar-refractivity contribution in [3.05, 3.63) is 0 Å². The normalized spacial score (nSPS) is 30.0. The minimum absolute atomic E-state index is 0.165. The summed E-state index contributed by atoms with van der Waals surface area (Å²) in [5.74, 6) is 0.443. The highest BCUT2D eigenvalue weighted by atomic mass is 32.2. The summed E-state index contributed by atoms with van der Waals surface area (Å²) < 4.78 is 15.8. The number of hydrogen-bond acceptors (Lipinski definition) is 4. The lowest BCUT2D eigenvalue weighted by Crippen LogP contribution is -2.45. The number of esters is 1. The molecule has 5 heteroatoms. The molecule has 76 valence electrons. The predicted molar refractivity (Wildman–Crippen MR) is 50.9 cm³/mol. The van der Waals surface area contributed by atoms with Crippen molar-refractivity contribution < 1.29 is 13.7 Å². The van der Waals surface area contributed by atoms with Crippen molar-refractivity contribution in [3.8, 4) is 0 Å². The van der Waals surface area contributed by atoms with Crippen molar-refractivity contribution in [2.24, 2.45) is 0 Å². The smallest absolute Gasteiger partial charge is 0.319 e. The third kappa shape index (κ3) is 3.08. The van der Waals surface area contributed by atoms with E-state index < -0.39 is 10.8 Å². The minimum atomic E-state index is -0.716. The van der Waals surface area contributed by atoms with E-state index in [1.165, 1.54) is 7.11 Å². The monoisotopic (exact) mass is 205 g/mol. The molecular formula is C8H15NO3S. The highest BCUT2D eigenvalue weighted by Gasteiger charge is 2.23. The van der Waals surface area contributed by atoms with Crippen molar-refractivity contribution in [2.75, 3.05) is 32.5 Å². The lowest BCUT2D eigenvalue weighted by molar-refractivity contribution is -0.141. The molecule has 1 aliphatic rings. The van der Waals surface area contributed by atoms with Crippen molar-refractivity contribution in [3.63, 3.8) is 0 Å². The van der Waals surface area contributed by atoms with Crippen LogP contribution in [0.5, 0.6) is 0 Å². The summed E-state index contributed by atoms with van der Waals surface area (Å²) in [6, 6.07) is 0. The first-order valence-electron chi connectivity index (χ1n) is 4.30. The molecule has 1 heterocycles. The van der Waals surface area contributed by atoms with E-state index in [0.29, 0.717) is 12.3 Å². The van der Waals surface area contributed by atoms with Crippen LogP contribution < -0.4 is 0 Å². The molecule has 0 bridgehead atoms. The Morgan fingerprint density at radius 2 is 2.38 bits per heavy atom. The second-order valence-electron chi connectivity index (χ2n) is 3.21. The SMILES string of the molecule is COC(=O)CN1CCS(=O)C(C)C1. The molecular weight excluding hydrogens is 190 g/mol. The quantitative estimate of drug-likeness (QED) is 0.576.